The maximum Gasteiger partial charge on any atom is 0.257 e. The minimum atomic E-state index is -0.227. The van der Waals surface area contributed by atoms with Crippen LogP contribution in [0.1, 0.15) is 16.1 Å². The fraction of sp³-hybridized carbons (Fsp3) is 0.231. The summed E-state index contributed by atoms with van der Waals surface area (Å²) in [5.41, 5.74) is 1.37. The smallest absolute Gasteiger partial charge is 0.257 e. The second kappa shape index (κ2) is 5.71. The Balaban J connectivity index is 2.19. The molecule has 1 heterocycles. The van der Waals surface area contributed by atoms with Crippen molar-refractivity contribution in [1.29, 1.82) is 0 Å². The van der Waals surface area contributed by atoms with Crippen molar-refractivity contribution in [3.05, 3.63) is 34.8 Å². The van der Waals surface area contributed by atoms with Crippen LogP contribution in [0.3, 0.4) is 0 Å². The number of aromatic nitrogens is 1. The molecule has 0 unspecified atom stereocenters. The summed E-state index contributed by atoms with van der Waals surface area (Å²) in [7, 11) is 3.08. The minimum absolute atomic E-state index is 0.227. The molecule has 0 aliphatic carbocycles. The molecule has 0 spiro atoms. The molecule has 0 aliphatic rings. The van der Waals surface area contributed by atoms with E-state index in [0.29, 0.717) is 22.2 Å². The molecule has 0 fully saturated rings. The fourth-order valence-corrected chi connectivity index (χ4v) is 2.24. The van der Waals surface area contributed by atoms with E-state index < -0.39 is 0 Å². The van der Waals surface area contributed by atoms with Gasteiger partial charge in [-0.2, -0.15) is 0 Å². The summed E-state index contributed by atoms with van der Waals surface area (Å²) in [6, 6.07) is 5.01. The Morgan fingerprint density at radius 3 is 2.58 bits per heavy atom. The van der Waals surface area contributed by atoms with Gasteiger partial charge in [0, 0.05) is 10.9 Å². The number of nitrogens with zero attached hydrogens (tertiary/aromatic N) is 1. The number of rotatable bonds is 4. The SMILES string of the molecule is COc1ccc(C(=O)Nc2nc(C)cs2)cc1OC. The maximum absolute atomic E-state index is 12.1. The zero-order valence-corrected chi connectivity index (χ0v) is 11.7. The molecule has 1 aromatic carbocycles. The van der Waals surface area contributed by atoms with Crippen molar-refractivity contribution in [2.45, 2.75) is 6.92 Å². The summed E-state index contributed by atoms with van der Waals surface area (Å²) in [4.78, 5) is 16.2. The average molecular weight is 278 g/mol. The van der Waals surface area contributed by atoms with Crippen LogP contribution in [-0.4, -0.2) is 25.1 Å². The third-order valence-electron chi connectivity index (χ3n) is 2.49. The average Bonchev–Trinajstić information content (AvgIpc) is 2.83. The molecule has 0 bridgehead atoms. The first kappa shape index (κ1) is 13.4. The lowest BCUT2D eigenvalue weighted by atomic mass is 10.2. The first-order valence-electron chi connectivity index (χ1n) is 5.59. The van der Waals surface area contributed by atoms with Crippen LogP contribution in [-0.2, 0) is 0 Å². The highest BCUT2D eigenvalue weighted by Crippen LogP contribution is 2.28. The van der Waals surface area contributed by atoms with Gasteiger partial charge in [-0.25, -0.2) is 4.98 Å². The lowest BCUT2D eigenvalue weighted by Crippen LogP contribution is -2.11. The van der Waals surface area contributed by atoms with Crippen LogP contribution in [0.2, 0.25) is 0 Å². The molecule has 0 radical (unpaired) electrons. The van der Waals surface area contributed by atoms with Crippen LogP contribution in [0.15, 0.2) is 23.6 Å². The number of thiazole rings is 1. The number of hydrogen-bond donors (Lipinski definition) is 1. The standard InChI is InChI=1S/C13H14N2O3S/c1-8-7-19-13(14-8)15-12(16)9-4-5-10(17-2)11(6-9)18-3/h4-7H,1-3H3,(H,14,15,16). The normalized spacial score (nSPS) is 10.1. The first-order chi connectivity index (χ1) is 9.13. The summed E-state index contributed by atoms with van der Waals surface area (Å²) >= 11 is 1.39. The number of anilines is 1. The molecule has 2 rings (SSSR count). The lowest BCUT2D eigenvalue weighted by molar-refractivity contribution is 0.102. The highest BCUT2D eigenvalue weighted by Gasteiger charge is 2.12. The van der Waals surface area contributed by atoms with Crippen LogP contribution < -0.4 is 14.8 Å². The van der Waals surface area contributed by atoms with Crippen LogP contribution in [0, 0.1) is 6.92 Å². The fourth-order valence-electron chi connectivity index (χ4n) is 1.56. The first-order valence-corrected chi connectivity index (χ1v) is 6.47. The Bertz CT molecular complexity index is 595. The number of aryl methyl sites for hydroxylation is 1. The molecule has 100 valence electrons. The summed E-state index contributed by atoms with van der Waals surface area (Å²) in [5.74, 6) is 0.880. The number of amides is 1. The Labute approximate surface area is 115 Å². The van der Waals surface area contributed by atoms with Gasteiger partial charge in [0.1, 0.15) is 0 Å². The van der Waals surface area contributed by atoms with E-state index in [0.717, 1.165) is 5.69 Å². The van der Waals surface area contributed by atoms with E-state index in [2.05, 4.69) is 10.3 Å². The predicted molar refractivity (Wildman–Crippen MR) is 74.4 cm³/mol. The molecule has 6 heteroatoms. The van der Waals surface area contributed by atoms with Crippen molar-refractivity contribution < 1.29 is 14.3 Å². The lowest BCUT2D eigenvalue weighted by Gasteiger charge is -2.09. The Hall–Kier alpha value is -2.08. The van der Waals surface area contributed by atoms with Gasteiger partial charge in [-0.05, 0) is 25.1 Å². The van der Waals surface area contributed by atoms with Gasteiger partial charge in [-0.15, -0.1) is 11.3 Å². The Morgan fingerprint density at radius 2 is 2.00 bits per heavy atom. The third kappa shape index (κ3) is 3.03. The minimum Gasteiger partial charge on any atom is -0.493 e. The van der Waals surface area contributed by atoms with Crippen molar-refractivity contribution in [3.8, 4) is 11.5 Å². The van der Waals surface area contributed by atoms with Gasteiger partial charge in [-0.3, -0.25) is 10.1 Å². The van der Waals surface area contributed by atoms with Crippen molar-refractivity contribution in [3.63, 3.8) is 0 Å². The van der Waals surface area contributed by atoms with Crippen LogP contribution in [0.5, 0.6) is 11.5 Å². The highest BCUT2D eigenvalue weighted by atomic mass is 32.1. The summed E-state index contributed by atoms with van der Waals surface area (Å²) < 4.78 is 10.3. The molecule has 1 amide bonds. The summed E-state index contributed by atoms with van der Waals surface area (Å²) in [6.45, 7) is 1.88. The quantitative estimate of drug-likeness (QED) is 0.934. The zero-order valence-electron chi connectivity index (χ0n) is 10.9. The number of methoxy groups -OCH3 is 2. The molecule has 1 N–H and O–H groups in total. The summed E-state index contributed by atoms with van der Waals surface area (Å²) in [5, 5.41) is 5.20. The molecular weight excluding hydrogens is 264 g/mol. The van der Waals surface area contributed by atoms with Crippen LogP contribution in [0.4, 0.5) is 5.13 Å². The predicted octanol–water partition coefficient (Wildman–Crippen LogP) is 2.72. The van der Waals surface area contributed by atoms with Crippen molar-refractivity contribution >= 4 is 22.4 Å². The number of nitrogens with one attached hydrogen (secondary N) is 1. The Kier molecular flexibility index (Phi) is 4.01. The monoisotopic (exact) mass is 278 g/mol. The summed E-state index contributed by atoms with van der Waals surface area (Å²) in [6.07, 6.45) is 0. The van der Waals surface area contributed by atoms with Crippen molar-refractivity contribution in [2.24, 2.45) is 0 Å². The van der Waals surface area contributed by atoms with Gasteiger partial charge >= 0.3 is 0 Å². The van der Waals surface area contributed by atoms with Gasteiger partial charge in [-0.1, -0.05) is 0 Å². The molecule has 0 atom stereocenters. The molecule has 19 heavy (non-hydrogen) atoms. The van der Waals surface area contributed by atoms with Crippen molar-refractivity contribution in [1.82, 2.24) is 4.98 Å². The Morgan fingerprint density at radius 1 is 1.26 bits per heavy atom. The van der Waals surface area contributed by atoms with Gasteiger partial charge in [0.25, 0.3) is 5.91 Å². The molecular formula is C13H14N2O3S. The van der Waals surface area contributed by atoms with E-state index in [1.54, 1.807) is 25.3 Å². The molecule has 2 aromatic rings. The largest absolute Gasteiger partial charge is 0.493 e. The number of carbonyl (C=O) groups excluding carboxylic acids is 1. The number of benzene rings is 1. The van der Waals surface area contributed by atoms with E-state index >= 15 is 0 Å². The third-order valence-corrected chi connectivity index (χ3v) is 3.36. The topological polar surface area (TPSA) is 60.5 Å². The maximum atomic E-state index is 12.1. The molecule has 0 saturated heterocycles. The van der Waals surface area contributed by atoms with E-state index in [9.17, 15) is 4.79 Å². The second-order valence-electron chi connectivity index (χ2n) is 3.82. The van der Waals surface area contributed by atoms with Gasteiger partial charge in [0.05, 0.1) is 19.9 Å². The van der Waals surface area contributed by atoms with Gasteiger partial charge in [0.15, 0.2) is 16.6 Å². The van der Waals surface area contributed by atoms with E-state index in [1.165, 1.54) is 18.4 Å². The van der Waals surface area contributed by atoms with E-state index in [4.69, 9.17) is 9.47 Å². The van der Waals surface area contributed by atoms with E-state index in [-0.39, 0.29) is 5.91 Å². The highest BCUT2D eigenvalue weighted by molar-refractivity contribution is 7.13. The van der Waals surface area contributed by atoms with Crippen LogP contribution >= 0.6 is 11.3 Å². The van der Waals surface area contributed by atoms with E-state index in [1.807, 2.05) is 12.3 Å². The molecule has 5 nitrogen and oxygen atoms in total. The van der Waals surface area contributed by atoms with Crippen molar-refractivity contribution in [2.75, 3.05) is 19.5 Å². The zero-order chi connectivity index (χ0) is 13.8. The number of hydrogen-bond acceptors (Lipinski definition) is 5. The number of ether oxygens (including phenoxy) is 2. The number of carbonyl (C=O) groups is 1. The molecule has 0 saturated carbocycles. The second-order valence-corrected chi connectivity index (χ2v) is 4.68. The van der Waals surface area contributed by atoms with Gasteiger partial charge in [0.2, 0.25) is 0 Å². The molecule has 1 aromatic heterocycles. The van der Waals surface area contributed by atoms with Crippen LogP contribution in [0.25, 0.3) is 0 Å². The van der Waals surface area contributed by atoms with Gasteiger partial charge < -0.3 is 9.47 Å². The molecule has 0 aliphatic heterocycles.